The summed E-state index contributed by atoms with van der Waals surface area (Å²) in [6, 6.07) is 21.8. The topological polar surface area (TPSA) is 117 Å². The number of benzene rings is 3. The van der Waals surface area contributed by atoms with E-state index in [1.165, 1.54) is 18.2 Å². The first-order valence-electron chi connectivity index (χ1n) is 15.1. The summed E-state index contributed by atoms with van der Waals surface area (Å²) in [6.07, 6.45) is 3.32. The van der Waals surface area contributed by atoms with Crippen molar-refractivity contribution >= 4 is 51.5 Å². The van der Waals surface area contributed by atoms with E-state index in [0.29, 0.717) is 46.4 Å². The Hall–Kier alpha value is -5.33. The van der Waals surface area contributed by atoms with E-state index < -0.39 is 0 Å². The molecule has 0 radical (unpaired) electrons. The van der Waals surface area contributed by atoms with Gasteiger partial charge < -0.3 is 30.7 Å². The van der Waals surface area contributed by atoms with Crippen molar-refractivity contribution in [3.8, 4) is 11.3 Å². The molecule has 5 aromatic rings. The quantitative estimate of drug-likeness (QED) is 0.151. The average molecular weight is 621 g/mol. The van der Waals surface area contributed by atoms with Crippen molar-refractivity contribution in [1.29, 1.82) is 0 Å². The number of rotatable bonds is 10. The second kappa shape index (κ2) is 13.8. The van der Waals surface area contributed by atoms with Crippen molar-refractivity contribution in [3.63, 3.8) is 0 Å². The summed E-state index contributed by atoms with van der Waals surface area (Å²) in [4.78, 5) is 29.0. The minimum Gasteiger partial charge on any atom is -0.369 e. The average Bonchev–Trinajstić information content (AvgIpc) is 3.43. The van der Waals surface area contributed by atoms with Crippen LogP contribution in [-0.2, 0) is 4.79 Å². The third-order valence-electron chi connectivity index (χ3n) is 7.62. The summed E-state index contributed by atoms with van der Waals surface area (Å²) in [6.45, 7) is 4.60. The normalized spacial score (nSPS) is 13.9. The Morgan fingerprint density at radius 1 is 0.935 bits per heavy atom. The number of fused-ring (bicyclic) bond motifs is 1. The molecule has 2 aromatic heterocycles. The van der Waals surface area contributed by atoms with E-state index >= 15 is 0 Å². The highest BCUT2D eigenvalue weighted by Gasteiger charge is 2.19. The van der Waals surface area contributed by atoms with Crippen molar-refractivity contribution in [3.05, 3.63) is 90.8 Å². The number of aromatic nitrogens is 4. The Kier molecular flexibility index (Phi) is 9.18. The molecule has 1 aliphatic rings. The number of carbonyl (C=O) groups is 1. The predicted octanol–water partition coefficient (Wildman–Crippen LogP) is 5.45. The first-order chi connectivity index (χ1) is 22.3. The number of hydrogen-bond acceptors (Lipinski definition) is 9. The molecule has 11 nitrogen and oxygen atoms in total. The van der Waals surface area contributed by atoms with Crippen LogP contribution in [0.25, 0.3) is 22.3 Å². The van der Waals surface area contributed by atoms with Gasteiger partial charge in [0.1, 0.15) is 5.82 Å². The molecule has 12 heteroatoms. The highest BCUT2D eigenvalue weighted by molar-refractivity contribution is 6.02. The maximum atomic E-state index is 14.0. The zero-order valence-electron chi connectivity index (χ0n) is 26.1. The molecule has 3 heterocycles. The van der Waals surface area contributed by atoms with Crippen LogP contribution in [-0.4, -0.2) is 89.7 Å². The van der Waals surface area contributed by atoms with Gasteiger partial charge in [0.05, 0.1) is 11.1 Å². The molecule has 1 amide bonds. The molecule has 0 bridgehead atoms. The largest absolute Gasteiger partial charge is 0.369 e. The third-order valence-corrected chi connectivity index (χ3v) is 7.62. The molecule has 3 aromatic carbocycles. The number of halogens is 1. The molecule has 1 aliphatic heterocycles. The van der Waals surface area contributed by atoms with Crippen LogP contribution < -0.4 is 20.9 Å². The highest BCUT2D eigenvalue weighted by Crippen LogP contribution is 2.35. The van der Waals surface area contributed by atoms with Crippen LogP contribution in [0.2, 0.25) is 0 Å². The van der Waals surface area contributed by atoms with Crippen LogP contribution in [0.5, 0.6) is 0 Å². The van der Waals surface area contributed by atoms with Gasteiger partial charge in [-0.1, -0.05) is 30.3 Å². The lowest BCUT2D eigenvalue weighted by molar-refractivity contribution is -0.111. The second-order valence-corrected chi connectivity index (χ2v) is 11.5. The molecule has 1 fully saturated rings. The lowest BCUT2D eigenvalue weighted by Gasteiger charge is -2.34. The smallest absolute Gasteiger partial charge is 0.248 e. The van der Waals surface area contributed by atoms with E-state index in [0.717, 1.165) is 43.1 Å². The number of carbonyl (C=O) groups excluding carboxylic acids is 1. The predicted molar refractivity (Wildman–Crippen MR) is 183 cm³/mol. The number of anilines is 6. The van der Waals surface area contributed by atoms with E-state index in [4.69, 9.17) is 9.97 Å². The number of H-pyrrole nitrogens is 1. The Bertz CT molecular complexity index is 1860. The molecule has 0 atom stereocenters. The van der Waals surface area contributed by atoms with Gasteiger partial charge in [-0.15, -0.1) is 0 Å². The number of nitrogens with one attached hydrogen (secondary N) is 4. The lowest BCUT2D eigenvalue weighted by Crippen LogP contribution is -2.44. The van der Waals surface area contributed by atoms with Crippen molar-refractivity contribution < 1.29 is 9.18 Å². The summed E-state index contributed by atoms with van der Waals surface area (Å²) in [7, 11) is 6.02. The van der Waals surface area contributed by atoms with E-state index in [1.54, 1.807) is 18.2 Å². The van der Waals surface area contributed by atoms with Crippen molar-refractivity contribution in [2.45, 2.75) is 0 Å². The zero-order chi connectivity index (χ0) is 32.0. The Morgan fingerprint density at radius 3 is 2.46 bits per heavy atom. The Balaban J connectivity index is 1.35. The summed E-state index contributed by atoms with van der Waals surface area (Å²) in [5, 5.41) is 17.6. The highest BCUT2D eigenvalue weighted by atomic mass is 19.1. The molecule has 0 saturated carbocycles. The van der Waals surface area contributed by atoms with Gasteiger partial charge in [0, 0.05) is 67.1 Å². The van der Waals surface area contributed by atoms with Crippen LogP contribution in [0.15, 0.2) is 84.9 Å². The first kappa shape index (κ1) is 30.7. The molecule has 0 unspecified atom stereocenters. The standard InChI is InChI=1S/C34H37FN10O/c1-43(2)15-7-14-29(46)36-25-10-4-8-23(20-25)31-30-32(37-26-11-5-9-24(35)21-26)41-42-33(30)40-34(39-31)38-27-12-6-13-28(22-27)45-18-16-44(3)17-19-45/h4-14,20-22H,15-19H2,1-3H3,(H,36,46)(H3,37,38,39,40,41,42)/b14-7+. The molecule has 1 saturated heterocycles. The van der Waals surface area contributed by atoms with Gasteiger partial charge in [0.15, 0.2) is 11.5 Å². The van der Waals surface area contributed by atoms with E-state index in [2.05, 4.69) is 55.1 Å². The Morgan fingerprint density at radius 2 is 1.67 bits per heavy atom. The van der Waals surface area contributed by atoms with Gasteiger partial charge in [-0.3, -0.25) is 9.89 Å². The number of nitrogens with zero attached hydrogens (tertiary/aromatic N) is 6. The van der Waals surface area contributed by atoms with Crippen molar-refractivity contribution in [2.24, 2.45) is 0 Å². The van der Waals surface area contributed by atoms with Crippen LogP contribution in [0.4, 0.5) is 38.9 Å². The SMILES string of the molecule is CN(C)C/C=C/C(=O)Nc1cccc(-c2nc(Nc3cccc(N4CCN(C)CC4)c3)nc3[nH]nc(Nc4cccc(F)c4)c23)c1. The summed E-state index contributed by atoms with van der Waals surface area (Å²) in [5.41, 5.74) is 4.93. The third kappa shape index (κ3) is 7.48. The maximum Gasteiger partial charge on any atom is 0.248 e. The first-order valence-corrected chi connectivity index (χ1v) is 15.1. The number of aromatic amines is 1. The molecular weight excluding hydrogens is 583 g/mol. The molecule has 46 heavy (non-hydrogen) atoms. The molecule has 236 valence electrons. The lowest BCUT2D eigenvalue weighted by atomic mass is 10.1. The number of likely N-dealkylation sites (N-methyl/N-ethyl adjacent to an activating group) is 2. The number of hydrogen-bond donors (Lipinski definition) is 4. The fourth-order valence-electron chi connectivity index (χ4n) is 5.26. The van der Waals surface area contributed by atoms with Crippen molar-refractivity contribution in [2.75, 3.05) is 74.7 Å². The second-order valence-electron chi connectivity index (χ2n) is 11.5. The van der Waals surface area contributed by atoms with Gasteiger partial charge >= 0.3 is 0 Å². The minimum absolute atomic E-state index is 0.230. The monoisotopic (exact) mass is 620 g/mol. The molecule has 0 aliphatic carbocycles. The fourth-order valence-corrected chi connectivity index (χ4v) is 5.26. The molecule has 4 N–H and O–H groups in total. The molecule has 0 spiro atoms. The minimum atomic E-state index is -0.366. The van der Waals surface area contributed by atoms with Crippen LogP contribution >= 0.6 is 0 Å². The fraction of sp³-hybridized carbons (Fsp3) is 0.235. The summed E-state index contributed by atoms with van der Waals surface area (Å²) >= 11 is 0. The van der Waals surface area contributed by atoms with Crippen LogP contribution in [0, 0.1) is 5.82 Å². The van der Waals surface area contributed by atoms with E-state index in [-0.39, 0.29) is 11.7 Å². The molecular formula is C34H37FN10O. The molecule has 6 rings (SSSR count). The zero-order valence-corrected chi connectivity index (χ0v) is 26.1. The van der Waals surface area contributed by atoms with Gasteiger partial charge in [-0.2, -0.15) is 10.1 Å². The van der Waals surface area contributed by atoms with E-state index in [1.807, 2.05) is 55.4 Å². The van der Waals surface area contributed by atoms with Crippen molar-refractivity contribution in [1.82, 2.24) is 30.0 Å². The Labute approximate surface area is 267 Å². The van der Waals surface area contributed by atoms with E-state index in [9.17, 15) is 9.18 Å². The van der Waals surface area contributed by atoms with Gasteiger partial charge in [-0.25, -0.2) is 9.37 Å². The maximum absolute atomic E-state index is 14.0. The van der Waals surface area contributed by atoms with Crippen LogP contribution in [0.1, 0.15) is 0 Å². The number of amides is 1. The summed E-state index contributed by atoms with van der Waals surface area (Å²) in [5.74, 6) is 0.223. The van der Waals surface area contributed by atoms with Gasteiger partial charge in [-0.05, 0) is 69.7 Å². The summed E-state index contributed by atoms with van der Waals surface area (Å²) < 4.78 is 14.0. The van der Waals surface area contributed by atoms with Gasteiger partial charge in [0.25, 0.3) is 0 Å². The van der Waals surface area contributed by atoms with Crippen LogP contribution in [0.3, 0.4) is 0 Å². The van der Waals surface area contributed by atoms with Gasteiger partial charge in [0.2, 0.25) is 11.9 Å². The number of piperazine rings is 1.